The van der Waals surface area contributed by atoms with Crippen LogP contribution in [0.1, 0.15) is 32.2 Å². The highest BCUT2D eigenvalue weighted by atomic mass is 32.2. The standard InChI is InChI=1S/C24H27N3O4S2/c1-17-7-8-23(18(2)13-17)33(29,30)27-11-9-26(10-12-27)24(28)20-5-4-6-22(14-20)31-15-21-16-32-19(3)25-21/h4-8,13-14,16H,9-12,15H2,1-3H3. The predicted octanol–water partition coefficient (Wildman–Crippen LogP) is 3.79. The van der Waals surface area contributed by atoms with E-state index in [4.69, 9.17) is 4.74 Å². The second-order valence-electron chi connectivity index (χ2n) is 8.14. The summed E-state index contributed by atoms with van der Waals surface area (Å²) in [7, 11) is -3.59. The minimum Gasteiger partial charge on any atom is -0.487 e. The summed E-state index contributed by atoms with van der Waals surface area (Å²) in [4.78, 5) is 19.4. The molecule has 2 heterocycles. The van der Waals surface area contributed by atoms with Gasteiger partial charge in [-0.1, -0.05) is 23.8 Å². The molecule has 1 saturated heterocycles. The quantitative estimate of drug-likeness (QED) is 0.531. The van der Waals surface area contributed by atoms with E-state index in [-0.39, 0.29) is 19.0 Å². The Hall–Kier alpha value is -2.75. The van der Waals surface area contributed by atoms with Gasteiger partial charge in [-0.05, 0) is 50.6 Å². The molecule has 174 valence electrons. The summed E-state index contributed by atoms with van der Waals surface area (Å²) >= 11 is 1.57. The van der Waals surface area contributed by atoms with Crippen molar-refractivity contribution >= 4 is 27.3 Å². The third-order valence-corrected chi connectivity index (χ3v) is 8.49. The lowest BCUT2D eigenvalue weighted by atomic mass is 10.1. The van der Waals surface area contributed by atoms with Crippen molar-refractivity contribution in [2.24, 2.45) is 0 Å². The average molecular weight is 486 g/mol. The first-order valence-electron chi connectivity index (χ1n) is 10.7. The number of amides is 1. The summed E-state index contributed by atoms with van der Waals surface area (Å²) < 4.78 is 33.5. The normalized spacial score (nSPS) is 14.9. The molecule has 33 heavy (non-hydrogen) atoms. The second kappa shape index (κ2) is 9.62. The zero-order valence-corrected chi connectivity index (χ0v) is 20.6. The van der Waals surface area contributed by atoms with Crippen LogP contribution < -0.4 is 4.74 Å². The largest absolute Gasteiger partial charge is 0.487 e. The van der Waals surface area contributed by atoms with E-state index in [1.165, 1.54) is 4.31 Å². The fraction of sp³-hybridized carbons (Fsp3) is 0.333. The third kappa shape index (κ3) is 5.26. The van der Waals surface area contributed by atoms with E-state index in [1.807, 2.05) is 44.4 Å². The minimum absolute atomic E-state index is 0.131. The minimum atomic E-state index is -3.59. The molecule has 0 N–H and O–H groups in total. The molecule has 0 unspecified atom stereocenters. The lowest BCUT2D eigenvalue weighted by molar-refractivity contribution is 0.0697. The summed E-state index contributed by atoms with van der Waals surface area (Å²) in [6.07, 6.45) is 0. The number of carbonyl (C=O) groups is 1. The topological polar surface area (TPSA) is 79.8 Å². The number of piperazine rings is 1. The Morgan fingerprint density at radius 1 is 1.06 bits per heavy atom. The number of hydrogen-bond donors (Lipinski definition) is 0. The first-order valence-corrected chi connectivity index (χ1v) is 13.1. The van der Waals surface area contributed by atoms with Gasteiger partial charge in [0.15, 0.2) is 0 Å². The van der Waals surface area contributed by atoms with Gasteiger partial charge in [0.1, 0.15) is 12.4 Å². The van der Waals surface area contributed by atoms with Crippen LogP contribution >= 0.6 is 11.3 Å². The number of nitrogens with zero attached hydrogens (tertiary/aromatic N) is 3. The van der Waals surface area contributed by atoms with Crippen LogP contribution in [0.3, 0.4) is 0 Å². The summed E-state index contributed by atoms with van der Waals surface area (Å²) in [5.41, 5.74) is 3.14. The van der Waals surface area contributed by atoms with Crippen LogP contribution in [0.4, 0.5) is 0 Å². The van der Waals surface area contributed by atoms with Crippen LogP contribution in [0.5, 0.6) is 5.75 Å². The molecular weight excluding hydrogens is 458 g/mol. The summed E-state index contributed by atoms with van der Waals surface area (Å²) in [6.45, 7) is 7.25. The van der Waals surface area contributed by atoms with Crippen LogP contribution in [-0.4, -0.2) is 54.7 Å². The number of aromatic nitrogens is 1. The van der Waals surface area contributed by atoms with E-state index in [1.54, 1.807) is 40.5 Å². The van der Waals surface area contributed by atoms with Gasteiger partial charge in [0, 0.05) is 37.1 Å². The summed E-state index contributed by atoms with van der Waals surface area (Å²) in [5.74, 6) is 0.469. The van der Waals surface area contributed by atoms with Crippen molar-refractivity contribution < 1.29 is 17.9 Å². The maximum absolute atomic E-state index is 13.1. The van der Waals surface area contributed by atoms with Crippen molar-refractivity contribution in [3.05, 3.63) is 75.2 Å². The second-order valence-corrected chi connectivity index (χ2v) is 11.1. The molecule has 3 aromatic rings. The summed E-state index contributed by atoms with van der Waals surface area (Å²) in [6, 6.07) is 12.4. The van der Waals surface area contributed by atoms with Gasteiger partial charge in [-0.15, -0.1) is 11.3 Å². The number of aryl methyl sites for hydroxylation is 3. The van der Waals surface area contributed by atoms with E-state index in [2.05, 4.69) is 4.98 Å². The molecule has 1 amide bonds. The lowest BCUT2D eigenvalue weighted by Gasteiger charge is -2.34. The Bertz CT molecular complexity index is 1260. The van der Waals surface area contributed by atoms with E-state index in [0.717, 1.165) is 21.8 Å². The number of hydrogen-bond acceptors (Lipinski definition) is 6. The Kier molecular flexibility index (Phi) is 6.83. The number of ether oxygens (including phenoxy) is 1. The Morgan fingerprint density at radius 2 is 1.82 bits per heavy atom. The fourth-order valence-corrected chi connectivity index (χ4v) is 6.12. The number of rotatable bonds is 6. The molecule has 1 aliphatic heterocycles. The van der Waals surface area contributed by atoms with Gasteiger partial charge >= 0.3 is 0 Å². The lowest BCUT2D eigenvalue weighted by Crippen LogP contribution is -2.50. The van der Waals surface area contributed by atoms with Crippen molar-refractivity contribution in [1.29, 1.82) is 0 Å². The van der Waals surface area contributed by atoms with E-state index >= 15 is 0 Å². The highest BCUT2D eigenvalue weighted by molar-refractivity contribution is 7.89. The van der Waals surface area contributed by atoms with Gasteiger partial charge in [-0.25, -0.2) is 13.4 Å². The first-order chi connectivity index (χ1) is 15.7. The Morgan fingerprint density at radius 3 is 2.48 bits per heavy atom. The van der Waals surface area contributed by atoms with E-state index in [9.17, 15) is 13.2 Å². The van der Waals surface area contributed by atoms with Crippen LogP contribution in [0.2, 0.25) is 0 Å². The molecule has 4 rings (SSSR count). The SMILES string of the molecule is Cc1ccc(S(=O)(=O)N2CCN(C(=O)c3cccc(OCc4csc(C)n4)c3)CC2)c(C)c1. The van der Waals surface area contributed by atoms with Crippen molar-refractivity contribution in [2.45, 2.75) is 32.3 Å². The number of sulfonamides is 1. The molecule has 0 saturated carbocycles. The van der Waals surface area contributed by atoms with Crippen LogP contribution in [0.25, 0.3) is 0 Å². The molecule has 7 nitrogen and oxygen atoms in total. The van der Waals surface area contributed by atoms with E-state index < -0.39 is 10.0 Å². The average Bonchev–Trinajstić information content (AvgIpc) is 3.22. The Balaban J connectivity index is 1.39. The van der Waals surface area contributed by atoms with Crippen LogP contribution in [0, 0.1) is 20.8 Å². The molecule has 0 atom stereocenters. The number of thiazole rings is 1. The van der Waals surface area contributed by atoms with Crippen molar-refractivity contribution in [3.8, 4) is 5.75 Å². The molecule has 1 fully saturated rings. The molecule has 1 aromatic heterocycles. The highest BCUT2D eigenvalue weighted by Gasteiger charge is 2.31. The fourth-order valence-electron chi connectivity index (χ4n) is 3.89. The number of carbonyl (C=O) groups excluding carboxylic acids is 1. The monoisotopic (exact) mass is 485 g/mol. The summed E-state index contributed by atoms with van der Waals surface area (Å²) in [5, 5.41) is 2.94. The maximum Gasteiger partial charge on any atom is 0.254 e. The predicted molar refractivity (Wildman–Crippen MR) is 128 cm³/mol. The van der Waals surface area contributed by atoms with Crippen molar-refractivity contribution in [3.63, 3.8) is 0 Å². The highest BCUT2D eigenvalue weighted by Crippen LogP contribution is 2.23. The molecule has 1 aliphatic rings. The van der Waals surface area contributed by atoms with Crippen molar-refractivity contribution in [2.75, 3.05) is 26.2 Å². The Labute approximate surface area is 198 Å². The molecule has 0 spiro atoms. The van der Waals surface area contributed by atoms with E-state index in [0.29, 0.717) is 35.9 Å². The van der Waals surface area contributed by atoms with Gasteiger partial charge < -0.3 is 9.64 Å². The van der Waals surface area contributed by atoms with Gasteiger partial charge in [-0.2, -0.15) is 4.31 Å². The zero-order valence-electron chi connectivity index (χ0n) is 18.9. The molecule has 0 bridgehead atoms. The molecule has 9 heteroatoms. The van der Waals surface area contributed by atoms with Crippen molar-refractivity contribution in [1.82, 2.24) is 14.2 Å². The number of benzene rings is 2. The van der Waals surface area contributed by atoms with Gasteiger partial charge in [0.05, 0.1) is 15.6 Å². The maximum atomic E-state index is 13.1. The smallest absolute Gasteiger partial charge is 0.254 e. The molecule has 0 radical (unpaired) electrons. The van der Waals surface area contributed by atoms with Gasteiger partial charge in [0.25, 0.3) is 5.91 Å². The third-order valence-electron chi connectivity index (χ3n) is 5.61. The first kappa shape index (κ1) is 23.4. The zero-order chi connectivity index (χ0) is 23.6. The van der Waals surface area contributed by atoms with Crippen LogP contribution in [0.15, 0.2) is 52.7 Å². The van der Waals surface area contributed by atoms with Gasteiger partial charge in [-0.3, -0.25) is 4.79 Å². The van der Waals surface area contributed by atoms with Gasteiger partial charge in [0.2, 0.25) is 10.0 Å². The molecular formula is C24H27N3O4S2. The molecule has 0 aliphatic carbocycles. The van der Waals surface area contributed by atoms with Crippen LogP contribution in [-0.2, 0) is 16.6 Å². The molecule has 2 aromatic carbocycles.